The summed E-state index contributed by atoms with van der Waals surface area (Å²) in [5, 5.41) is 6.18. The molecule has 0 fully saturated rings. The number of carbonyl (C=O) groups is 4. The lowest BCUT2D eigenvalue weighted by atomic mass is 10.1. The summed E-state index contributed by atoms with van der Waals surface area (Å²) < 4.78 is 42.0. The minimum atomic E-state index is -4.52. The zero-order valence-electron chi connectivity index (χ0n) is 13.8. The first kappa shape index (κ1) is 20.9. The van der Waals surface area contributed by atoms with E-state index < -0.39 is 48.2 Å². The Hall–Kier alpha value is -3.11. The highest BCUT2D eigenvalue weighted by Crippen LogP contribution is 2.28. The van der Waals surface area contributed by atoms with Gasteiger partial charge >= 0.3 is 18.2 Å². The summed E-state index contributed by atoms with van der Waals surface area (Å²) in [6.45, 7) is 0.602. The summed E-state index contributed by atoms with van der Waals surface area (Å²) in [4.78, 5) is 45.8. The number of hydrogen-bond acceptors (Lipinski definition) is 5. The van der Waals surface area contributed by atoms with Crippen molar-refractivity contribution in [1.82, 2.24) is 16.0 Å². The first-order valence-corrected chi connectivity index (χ1v) is 7.22. The number of ether oxygens (including phenoxy) is 1. The molecule has 11 heteroatoms. The molecule has 0 aliphatic heterocycles. The van der Waals surface area contributed by atoms with E-state index in [9.17, 15) is 32.3 Å². The Kier molecular flexibility index (Phi) is 7.11. The second-order valence-electron chi connectivity index (χ2n) is 4.96. The summed E-state index contributed by atoms with van der Waals surface area (Å²) in [6, 6.07) is 2.61. The van der Waals surface area contributed by atoms with E-state index in [1.165, 1.54) is 14.0 Å². The Morgan fingerprint density at radius 2 is 1.69 bits per heavy atom. The number of imide groups is 1. The molecule has 3 N–H and O–H groups in total. The molecular formula is C15H16F3N3O5. The van der Waals surface area contributed by atoms with Gasteiger partial charge in [-0.05, 0) is 31.2 Å². The smallest absolute Gasteiger partial charge is 0.416 e. The number of nitrogens with one attached hydrogen (secondary N) is 3. The van der Waals surface area contributed by atoms with Crippen LogP contribution in [0.25, 0.3) is 0 Å². The number of alkyl halides is 3. The predicted octanol–water partition coefficient (Wildman–Crippen LogP) is 0.822. The molecule has 0 saturated heterocycles. The van der Waals surface area contributed by atoms with Crippen molar-refractivity contribution in [2.45, 2.75) is 19.2 Å². The summed E-state index contributed by atoms with van der Waals surface area (Å²) in [7, 11) is 1.29. The van der Waals surface area contributed by atoms with E-state index >= 15 is 0 Å². The van der Waals surface area contributed by atoms with Crippen molar-refractivity contribution in [2.24, 2.45) is 0 Å². The van der Waals surface area contributed by atoms with Crippen LogP contribution in [0.3, 0.4) is 0 Å². The lowest BCUT2D eigenvalue weighted by Gasteiger charge is -2.13. The lowest BCUT2D eigenvalue weighted by Crippen LogP contribution is -2.44. The van der Waals surface area contributed by atoms with Gasteiger partial charge in [0.2, 0.25) is 0 Å². The van der Waals surface area contributed by atoms with Gasteiger partial charge in [-0.1, -0.05) is 0 Å². The molecule has 26 heavy (non-hydrogen) atoms. The fraction of sp³-hybridized carbons (Fsp3) is 0.333. The highest BCUT2D eigenvalue weighted by molar-refractivity contribution is 5.98. The number of urea groups is 1. The number of amides is 4. The molecule has 0 radical (unpaired) electrons. The topological polar surface area (TPSA) is 114 Å². The van der Waals surface area contributed by atoms with Gasteiger partial charge in [0.25, 0.3) is 11.8 Å². The van der Waals surface area contributed by atoms with E-state index in [0.717, 1.165) is 24.3 Å². The third kappa shape index (κ3) is 6.42. The van der Waals surface area contributed by atoms with Crippen LogP contribution in [0.5, 0.6) is 0 Å². The first-order valence-electron chi connectivity index (χ1n) is 7.22. The van der Waals surface area contributed by atoms with Gasteiger partial charge in [-0.15, -0.1) is 0 Å². The molecule has 0 spiro atoms. The number of esters is 1. The molecule has 1 atom stereocenters. The second-order valence-corrected chi connectivity index (χ2v) is 4.96. The summed E-state index contributed by atoms with van der Waals surface area (Å²) in [6.07, 6.45) is -5.81. The number of benzene rings is 1. The molecule has 0 bridgehead atoms. The highest BCUT2D eigenvalue weighted by Gasteiger charge is 2.30. The maximum absolute atomic E-state index is 12.4. The quantitative estimate of drug-likeness (QED) is 0.660. The van der Waals surface area contributed by atoms with Gasteiger partial charge in [0, 0.05) is 12.6 Å². The van der Waals surface area contributed by atoms with E-state index in [2.05, 4.69) is 10.6 Å². The van der Waals surface area contributed by atoms with Gasteiger partial charge in [0.1, 0.15) is 6.54 Å². The van der Waals surface area contributed by atoms with Gasteiger partial charge in [0.15, 0.2) is 6.10 Å². The van der Waals surface area contributed by atoms with Gasteiger partial charge < -0.3 is 15.4 Å². The molecule has 4 amide bonds. The Labute approximate surface area is 146 Å². The van der Waals surface area contributed by atoms with E-state index in [0.29, 0.717) is 0 Å². The van der Waals surface area contributed by atoms with Crippen LogP contribution in [0.2, 0.25) is 0 Å². The van der Waals surface area contributed by atoms with Gasteiger partial charge in [0.05, 0.1) is 5.56 Å². The molecule has 0 saturated carbocycles. The van der Waals surface area contributed by atoms with E-state index in [-0.39, 0.29) is 5.56 Å². The zero-order valence-corrected chi connectivity index (χ0v) is 13.8. The fourth-order valence-corrected chi connectivity index (χ4v) is 1.63. The largest absolute Gasteiger partial charge is 0.451 e. The van der Waals surface area contributed by atoms with Crippen molar-refractivity contribution in [3.63, 3.8) is 0 Å². The average molecular weight is 375 g/mol. The normalized spacial score (nSPS) is 11.9. The van der Waals surface area contributed by atoms with Gasteiger partial charge in [-0.25, -0.2) is 4.79 Å². The molecule has 142 valence electrons. The van der Waals surface area contributed by atoms with Crippen molar-refractivity contribution in [2.75, 3.05) is 13.6 Å². The average Bonchev–Trinajstić information content (AvgIpc) is 2.58. The van der Waals surface area contributed by atoms with Crippen LogP contribution in [-0.2, 0) is 20.5 Å². The van der Waals surface area contributed by atoms with Crippen LogP contribution in [0.15, 0.2) is 24.3 Å². The number of hydrogen-bond donors (Lipinski definition) is 3. The Bertz CT molecular complexity index is 689. The van der Waals surface area contributed by atoms with Gasteiger partial charge in [-0.3, -0.25) is 19.7 Å². The number of carbonyl (C=O) groups excluding carboxylic acids is 4. The Morgan fingerprint density at radius 1 is 1.12 bits per heavy atom. The predicted molar refractivity (Wildman–Crippen MR) is 81.9 cm³/mol. The van der Waals surface area contributed by atoms with E-state index in [1.54, 1.807) is 0 Å². The summed E-state index contributed by atoms with van der Waals surface area (Å²) in [5.74, 6) is -2.63. The molecular weight excluding hydrogens is 359 g/mol. The minimum Gasteiger partial charge on any atom is -0.451 e. The molecule has 1 aromatic rings. The first-order chi connectivity index (χ1) is 12.0. The molecule has 0 unspecified atom stereocenters. The summed E-state index contributed by atoms with van der Waals surface area (Å²) >= 11 is 0. The molecule has 8 nitrogen and oxygen atoms in total. The van der Waals surface area contributed by atoms with E-state index in [4.69, 9.17) is 4.74 Å². The third-order valence-corrected chi connectivity index (χ3v) is 3.01. The van der Waals surface area contributed by atoms with Crippen molar-refractivity contribution in [3.8, 4) is 0 Å². The van der Waals surface area contributed by atoms with Crippen LogP contribution in [0.1, 0.15) is 22.8 Å². The summed E-state index contributed by atoms with van der Waals surface area (Å²) in [5.41, 5.74) is -0.999. The maximum atomic E-state index is 12.4. The highest BCUT2D eigenvalue weighted by atomic mass is 19.4. The van der Waals surface area contributed by atoms with Crippen molar-refractivity contribution in [3.05, 3.63) is 35.4 Å². The van der Waals surface area contributed by atoms with Crippen molar-refractivity contribution in [1.29, 1.82) is 0 Å². The molecule has 1 rings (SSSR count). The van der Waals surface area contributed by atoms with Crippen LogP contribution in [0.4, 0.5) is 18.0 Å². The second kappa shape index (κ2) is 8.83. The van der Waals surface area contributed by atoms with Gasteiger partial charge in [-0.2, -0.15) is 13.2 Å². The molecule has 0 aromatic heterocycles. The SMILES string of the molecule is CNC(=O)NC(=O)[C@H](C)OC(=O)CNC(=O)c1ccc(C(F)(F)F)cc1. The van der Waals surface area contributed by atoms with Crippen LogP contribution in [-0.4, -0.2) is 43.5 Å². The van der Waals surface area contributed by atoms with Crippen molar-refractivity contribution < 1.29 is 37.1 Å². The third-order valence-electron chi connectivity index (χ3n) is 3.01. The molecule has 1 aromatic carbocycles. The van der Waals surface area contributed by atoms with Crippen molar-refractivity contribution >= 4 is 23.8 Å². The maximum Gasteiger partial charge on any atom is 0.416 e. The Balaban J connectivity index is 2.50. The number of halogens is 3. The van der Waals surface area contributed by atoms with Crippen LogP contribution < -0.4 is 16.0 Å². The monoisotopic (exact) mass is 375 g/mol. The van der Waals surface area contributed by atoms with E-state index in [1.807, 2.05) is 5.32 Å². The van der Waals surface area contributed by atoms with Crippen LogP contribution in [0, 0.1) is 0 Å². The Morgan fingerprint density at radius 3 is 2.19 bits per heavy atom. The lowest BCUT2D eigenvalue weighted by molar-refractivity contribution is -0.153. The standard InChI is InChI=1S/C15H16F3N3O5/c1-8(12(23)21-14(25)19-2)26-11(22)7-20-13(24)9-3-5-10(6-4-9)15(16,17)18/h3-6,8H,7H2,1-2H3,(H,20,24)(H2,19,21,23,25)/t8-/m0/s1. The molecule has 0 heterocycles. The van der Waals surface area contributed by atoms with Crippen LogP contribution >= 0.6 is 0 Å². The molecule has 0 aliphatic carbocycles. The minimum absolute atomic E-state index is 0.0868. The zero-order chi connectivity index (χ0) is 19.9. The fourth-order valence-electron chi connectivity index (χ4n) is 1.63. The molecule has 0 aliphatic rings. The number of rotatable bonds is 5.